The Morgan fingerprint density at radius 3 is 2.44 bits per heavy atom. The van der Waals surface area contributed by atoms with Crippen LogP contribution < -0.4 is 5.32 Å². The van der Waals surface area contributed by atoms with Crippen molar-refractivity contribution in [3.63, 3.8) is 0 Å². The molecule has 2 aromatic rings. The molecule has 0 aromatic heterocycles. The van der Waals surface area contributed by atoms with Gasteiger partial charge in [0, 0.05) is 31.1 Å². The van der Waals surface area contributed by atoms with Crippen LogP contribution in [0.2, 0.25) is 0 Å². The first kappa shape index (κ1) is 19.1. The Morgan fingerprint density at radius 1 is 1.07 bits per heavy atom. The SMILES string of the molecule is CCCCNC(=O)[C@@H]1CN(C(=O)c2ccccc2)C[C@@H]1c1ccc(F)cc1. The van der Waals surface area contributed by atoms with Crippen LogP contribution in [0.1, 0.15) is 41.6 Å². The van der Waals surface area contributed by atoms with Crippen molar-refractivity contribution in [1.82, 2.24) is 10.2 Å². The number of carbonyl (C=O) groups excluding carboxylic acids is 2. The predicted octanol–water partition coefficient (Wildman–Crippen LogP) is 3.60. The van der Waals surface area contributed by atoms with E-state index >= 15 is 0 Å². The zero-order valence-electron chi connectivity index (χ0n) is 15.5. The number of carbonyl (C=O) groups is 2. The van der Waals surface area contributed by atoms with Crippen molar-refractivity contribution in [2.45, 2.75) is 25.7 Å². The van der Waals surface area contributed by atoms with Gasteiger partial charge in [-0.15, -0.1) is 0 Å². The van der Waals surface area contributed by atoms with Gasteiger partial charge in [0.1, 0.15) is 5.82 Å². The molecular weight excluding hydrogens is 343 g/mol. The second kappa shape index (κ2) is 8.80. The highest BCUT2D eigenvalue weighted by Gasteiger charge is 2.40. The monoisotopic (exact) mass is 368 g/mol. The molecular formula is C22H25FN2O2. The minimum atomic E-state index is -0.333. The first-order valence-corrected chi connectivity index (χ1v) is 9.47. The smallest absolute Gasteiger partial charge is 0.253 e. The predicted molar refractivity (Wildman–Crippen MR) is 103 cm³/mol. The molecule has 1 aliphatic rings. The van der Waals surface area contributed by atoms with E-state index in [1.807, 2.05) is 18.2 Å². The van der Waals surface area contributed by atoms with Crippen LogP contribution in [0.15, 0.2) is 54.6 Å². The van der Waals surface area contributed by atoms with Crippen molar-refractivity contribution in [1.29, 1.82) is 0 Å². The molecule has 2 amide bonds. The molecule has 1 aliphatic heterocycles. The Balaban J connectivity index is 1.80. The quantitative estimate of drug-likeness (QED) is 0.792. The van der Waals surface area contributed by atoms with Crippen LogP contribution in [-0.4, -0.2) is 36.3 Å². The number of nitrogens with one attached hydrogen (secondary N) is 1. The Bertz CT molecular complexity index is 777. The van der Waals surface area contributed by atoms with Crippen LogP contribution in [0.3, 0.4) is 0 Å². The molecule has 2 aromatic carbocycles. The average Bonchev–Trinajstić information content (AvgIpc) is 3.14. The molecule has 3 rings (SSSR count). The first-order valence-electron chi connectivity index (χ1n) is 9.47. The standard InChI is InChI=1S/C22H25FN2O2/c1-2-3-13-24-21(26)20-15-25(22(27)17-7-5-4-6-8-17)14-19(20)16-9-11-18(23)12-10-16/h4-12,19-20H,2-3,13-15H2,1H3,(H,24,26)/t19-,20-/m1/s1. The fraction of sp³-hybridized carbons (Fsp3) is 0.364. The Labute approximate surface area is 159 Å². The van der Waals surface area contributed by atoms with E-state index in [2.05, 4.69) is 12.2 Å². The highest BCUT2D eigenvalue weighted by atomic mass is 19.1. The van der Waals surface area contributed by atoms with E-state index in [9.17, 15) is 14.0 Å². The molecule has 0 spiro atoms. The van der Waals surface area contributed by atoms with Gasteiger partial charge in [0.05, 0.1) is 5.92 Å². The number of hydrogen-bond acceptors (Lipinski definition) is 2. The van der Waals surface area contributed by atoms with Gasteiger partial charge in [0.25, 0.3) is 5.91 Å². The molecule has 1 heterocycles. The molecule has 2 atom stereocenters. The van der Waals surface area contributed by atoms with E-state index in [0.717, 1.165) is 18.4 Å². The Morgan fingerprint density at radius 2 is 1.78 bits per heavy atom. The van der Waals surface area contributed by atoms with Crippen LogP contribution in [0.5, 0.6) is 0 Å². The maximum atomic E-state index is 13.3. The Kier molecular flexibility index (Phi) is 6.22. The average molecular weight is 368 g/mol. The zero-order valence-corrected chi connectivity index (χ0v) is 15.5. The molecule has 142 valence electrons. The summed E-state index contributed by atoms with van der Waals surface area (Å²) in [6.07, 6.45) is 1.93. The minimum absolute atomic E-state index is 0.0406. The summed E-state index contributed by atoms with van der Waals surface area (Å²) in [4.78, 5) is 27.3. The summed E-state index contributed by atoms with van der Waals surface area (Å²) >= 11 is 0. The zero-order chi connectivity index (χ0) is 19.2. The minimum Gasteiger partial charge on any atom is -0.356 e. The lowest BCUT2D eigenvalue weighted by atomic mass is 9.88. The maximum Gasteiger partial charge on any atom is 0.253 e. The summed E-state index contributed by atoms with van der Waals surface area (Å²) in [5.74, 6) is -0.898. The highest BCUT2D eigenvalue weighted by Crippen LogP contribution is 2.34. The number of benzene rings is 2. The van der Waals surface area contributed by atoms with Gasteiger partial charge in [-0.25, -0.2) is 4.39 Å². The van der Waals surface area contributed by atoms with Crippen molar-refractivity contribution in [3.05, 3.63) is 71.5 Å². The first-order chi connectivity index (χ1) is 13.1. The number of halogens is 1. The van der Waals surface area contributed by atoms with Crippen molar-refractivity contribution in [2.24, 2.45) is 5.92 Å². The number of hydrogen-bond donors (Lipinski definition) is 1. The molecule has 4 nitrogen and oxygen atoms in total. The van der Waals surface area contributed by atoms with E-state index < -0.39 is 0 Å². The van der Waals surface area contributed by atoms with Crippen LogP contribution in [0, 0.1) is 11.7 Å². The number of amides is 2. The van der Waals surface area contributed by atoms with Crippen molar-refractivity contribution in [3.8, 4) is 0 Å². The second-order valence-corrected chi connectivity index (χ2v) is 6.99. The molecule has 1 saturated heterocycles. The lowest BCUT2D eigenvalue weighted by molar-refractivity contribution is -0.124. The van der Waals surface area contributed by atoms with Gasteiger partial charge >= 0.3 is 0 Å². The van der Waals surface area contributed by atoms with Crippen molar-refractivity contribution >= 4 is 11.8 Å². The van der Waals surface area contributed by atoms with Crippen LogP contribution in [-0.2, 0) is 4.79 Å². The van der Waals surface area contributed by atoms with Crippen molar-refractivity contribution in [2.75, 3.05) is 19.6 Å². The number of rotatable bonds is 6. The largest absolute Gasteiger partial charge is 0.356 e. The number of nitrogens with zero attached hydrogens (tertiary/aromatic N) is 1. The van der Waals surface area contributed by atoms with E-state index in [0.29, 0.717) is 25.2 Å². The van der Waals surface area contributed by atoms with Gasteiger partial charge in [0.2, 0.25) is 5.91 Å². The summed E-state index contributed by atoms with van der Waals surface area (Å²) in [5, 5.41) is 2.98. The van der Waals surface area contributed by atoms with Gasteiger partial charge in [-0.3, -0.25) is 9.59 Å². The van der Waals surface area contributed by atoms with E-state index in [4.69, 9.17) is 0 Å². The summed E-state index contributed by atoms with van der Waals surface area (Å²) in [6, 6.07) is 15.3. The summed E-state index contributed by atoms with van der Waals surface area (Å²) in [5.41, 5.74) is 1.50. The summed E-state index contributed by atoms with van der Waals surface area (Å²) < 4.78 is 13.3. The molecule has 1 fully saturated rings. The van der Waals surface area contributed by atoms with E-state index in [-0.39, 0.29) is 29.5 Å². The third-order valence-corrected chi connectivity index (χ3v) is 5.09. The van der Waals surface area contributed by atoms with Crippen LogP contribution in [0.4, 0.5) is 4.39 Å². The van der Waals surface area contributed by atoms with E-state index in [1.54, 1.807) is 29.2 Å². The van der Waals surface area contributed by atoms with Crippen molar-refractivity contribution < 1.29 is 14.0 Å². The normalized spacial score (nSPS) is 19.1. The maximum absolute atomic E-state index is 13.3. The lowest BCUT2D eigenvalue weighted by Crippen LogP contribution is -2.36. The molecule has 0 unspecified atom stereocenters. The molecule has 27 heavy (non-hydrogen) atoms. The molecule has 0 aliphatic carbocycles. The molecule has 0 saturated carbocycles. The third-order valence-electron chi connectivity index (χ3n) is 5.09. The van der Waals surface area contributed by atoms with Gasteiger partial charge < -0.3 is 10.2 Å². The van der Waals surface area contributed by atoms with Gasteiger partial charge in [0.15, 0.2) is 0 Å². The number of likely N-dealkylation sites (tertiary alicyclic amines) is 1. The molecule has 0 radical (unpaired) electrons. The van der Waals surface area contributed by atoms with E-state index in [1.165, 1.54) is 12.1 Å². The molecule has 5 heteroatoms. The molecule has 0 bridgehead atoms. The summed E-state index contributed by atoms with van der Waals surface area (Å²) in [6.45, 7) is 3.52. The van der Waals surface area contributed by atoms with Gasteiger partial charge in [-0.2, -0.15) is 0 Å². The van der Waals surface area contributed by atoms with Gasteiger partial charge in [-0.1, -0.05) is 43.7 Å². The topological polar surface area (TPSA) is 49.4 Å². The fourth-order valence-corrected chi connectivity index (χ4v) is 3.57. The fourth-order valence-electron chi connectivity index (χ4n) is 3.57. The number of unbranched alkanes of at least 4 members (excludes halogenated alkanes) is 1. The van der Waals surface area contributed by atoms with Crippen LogP contribution in [0.25, 0.3) is 0 Å². The third kappa shape index (κ3) is 4.54. The second-order valence-electron chi connectivity index (χ2n) is 6.99. The summed E-state index contributed by atoms with van der Waals surface area (Å²) in [7, 11) is 0. The molecule has 1 N–H and O–H groups in total. The lowest BCUT2D eigenvalue weighted by Gasteiger charge is -2.18. The van der Waals surface area contributed by atoms with Gasteiger partial charge in [-0.05, 0) is 36.2 Å². The van der Waals surface area contributed by atoms with Crippen LogP contribution >= 0.6 is 0 Å². The highest BCUT2D eigenvalue weighted by molar-refractivity contribution is 5.95. The Hall–Kier alpha value is -2.69.